The molecule has 0 saturated heterocycles. The Morgan fingerprint density at radius 3 is 2.65 bits per heavy atom. The molecule has 0 bridgehead atoms. The molecule has 0 fully saturated rings. The van der Waals surface area contributed by atoms with E-state index < -0.39 is 0 Å². The summed E-state index contributed by atoms with van der Waals surface area (Å²) in [7, 11) is 0. The van der Waals surface area contributed by atoms with Crippen LogP contribution in [0.4, 0.5) is 5.82 Å². The summed E-state index contributed by atoms with van der Waals surface area (Å²) >= 11 is 5.25. The van der Waals surface area contributed by atoms with Crippen molar-refractivity contribution in [2.24, 2.45) is 0 Å². The maximum atomic E-state index is 6.00. The van der Waals surface area contributed by atoms with Crippen molar-refractivity contribution < 1.29 is 4.52 Å². The van der Waals surface area contributed by atoms with Crippen molar-refractivity contribution in [2.75, 3.05) is 5.73 Å². The summed E-state index contributed by atoms with van der Waals surface area (Å²) in [4.78, 5) is 2.32. The highest BCUT2D eigenvalue weighted by atomic mass is 79.9. The average molecular weight is 349 g/mol. The smallest absolute Gasteiger partial charge is 0.186 e. The first-order valence-corrected chi connectivity index (χ1v) is 7.76. The zero-order chi connectivity index (χ0) is 14.3. The maximum absolute atomic E-state index is 6.00. The average Bonchev–Trinajstić information content (AvgIpc) is 2.94. The number of nitrogens with zero attached hydrogens (tertiary/aromatic N) is 1. The predicted octanol–water partition coefficient (Wildman–Crippen LogP) is 5.03. The van der Waals surface area contributed by atoms with Crippen molar-refractivity contribution in [1.82, 2.24) is 5.16 Å². The molecule has 0 spiro atoms. The van der Waals surface area contributed by atoms with Gasteiger partial charge in [-0.2, -0.15) is 0 Å². The second kappa shape index (κ2) is 5.07. The van der Waals surface area contributed by atoms with Gasteiger partial charge in [0.2, 0.25) is 0 Å². The first kappa shape index (κ1) is 13.4. The zero-order valence-corrected chi connectivity index (χ0v) is 13.5. The summed E-state index contributed by atoms with van der Waals surface area (Å²) in [6.45, 7) is 4.19. The SMILES string of the molecule is Cc1cc(-c2onc(N)c2-c2ccccc2Br)sc1C. The molecule has 0 unspecified atom stereocenters. The molecule has 3 rings (SSSR count). The fourth-order valence-corrected chi connectivity index (χ4v) is 3.58. The van der Waals surface area contributed by atoms with Gasteiger partial charge in [-0.25, -0.2) is 0 Å². The number of aryl methyl sites for hydroxylation is 2. The van der Waals surface area contributed by atoms with Crippen LogP contribution in [0.25, 0.3) is 21.8 Å². The van der Waals surface area contributed by atoms with E-state index in [9.17, 15) is 0 Å². The largest absolute Gasteiger partial charge is 0.380 e. The number of halogens is 1. The van der Waals surface area contributed by atoms with Crippen molar-refractivity contribution in [3.8, 4) is 21.8 Å². The van der Waals surface area contributed by atoms with E-state index >= 15 is 0 Å². The van der Waals surface area contributed by atoms with Gasteiger partial charge >= 0.3 is 0 Å². The number of anilines is 1. The van der Waals surface area contributed by atoms with Gasteiger partial charge in [-0.1, -0.05) is 39.3 Å². The normalized spacial score (nSPS) is 10.9. The number of nitrogens with two attached hydrogens (primary N) is 1. The third-order valence-electron chi connectivity index (χ3n) is 3.25. The van der Waals surface area contributed by atoms with Crippen LogP contribution in [0.15, 0.2) is 39.3 Å². The molecule has 0 amide bonds. The van der Waals surface area contributed by atoms with Gasteiger partial charge in [-0.05, 0) is 31.5 Å². The van der Waals surface area contributed by atoms with Crippen LogP contribution in [0, 0.1) is 13.8 Å². The van der Waals surface area contributed by atoms with Crippen molar-refractivity contribution >= 4 is 33.1 Å². The van der Waals surface area contributed by atoms with Gasteiger partial charge in [-0.3, -0.25) is 0 Å². The summed E-state index contributed by atoms with van der Waals surface area (Å²) < 4.78 is 6.45. The molecule has 0 aliphatic carbocycles. The van der Waals surface area contributed by atoms with Crippen LogP contribution in [0.2, 0.25) is 0 Å². The van der Waals surface area contributed by atoms with Gasteiger partial charge in [0.05, 0.1) is 10.4 Å². The topological polar surface area (TPSA) is 52.0 Å². The molecule has 102 valence electrons. The van der Waals surface area contributed by atoms with E-state index in [0.29, 0.717) is 5.82 Å². The number of nitrogen functional groups attached to an aromatic ring is 1. The van der Waals surface area contributed by atoms with Gasteiger partial charge < -0.3 is 10.3 Å². The van der Waals surface area contributed by atoms with E-state index in [2.05, 4.69) is 41.0 Å². The molecular formula is C15H13BrN2OS. The standard InChI is InChI=1S/C15H13BrN2OS/c1-8-7-12(20-9(8)2)14-13(15(17)18-19-14)10-5-3-4-6-11(10)16/h3-7H,1-2H3,(H2,17,18). The van der Waals surface area contributed by atoms with Crippen LogP contribution >= 0.6 is 27.3 Å². The van der Waals surface area contributed by atoms with Crippen molar-refractivity contribution in [3.05, 3.63) is 45.2 Å². The number of aromatic nitrogens is 1. The summed E-state index contributed by atoms with van der Waals surface area (Å²) in [6, 6.07) is 10.0. The third kappa shape index (κ3) is 2.17. The second-order valence-corrected chi connectivity index (χ2v) is 6.71. The Hall–Kier alpha value is -1.59. The molecule has 5 heteroatoms. The summed E-state index contributed by atoms with van der Waals surface area (Å²) in [6.07, 6.45) is 0. The summed E-state index contributed by atoms with van der Waals surface area (Å²) in [5, 5.41) is 3.94. The van der Waals surface area contributed by atoms with Crippen molar-refractivity contribution in [1.29, 1.82) is 0 Å². The lowest BCUT2D eigenvalue weighted by Crippen LogP contribution is -1.89. The molecule has 20 heavy (non-hydrogen) atoms. The lowest BCUT2D eigenvalue weighted by molar-refractivity contribution is 0.437. The predicted molar refractivity (Wildman–Crippen MR) is 86.8 cm³/mol. The molecule has 1 aromatic carbocycles. The Morgan fingerprint density at radius 2 is 2.00 bits per heavy atom. The monoisotopic (exact) mass is 348 g/mol. The lowest BCUT2D eigenvalue weighted by Gasteiger charge is -2.03. The number of hydrogen-bond acceptors (Lipinski definition) is 4. The van der Waals surface area contributed by atoms with Gasteiger partial charge in [0.25, 0.3) is 0 Å². The highest BCUT2D eigenvalue weighted by molar-refractivity contribution is 9.10. The van der Waals surface area contributed by atoms with Gasteiger partial charge in [0.1, 0.15) is 0 Å². The van der Waals surface area contributed by atoms with E-state index in [0.717, 1.165) is 26.2 Å². The van der Waals surface area contributed by atoms with Crippen molar-refractivity contribution in [3.63, 3.8) is 0 Å². The molecule has 0 aliphatic heterocycles. The first-order chi connectivity index (χ1) is 9.58. The molecule has 0 radical (unpaired) electrons. The summed E-state index contributed by atoms with van der Waals surface area (Å²) in [5.74, 6) is 1.14. The molecule has 2 aromatic heterocycles. The first-order valence-electron chi connectivity index (χ1n) is 6.15. The van der Waals surface area contributed by atoms with E-state index in [1.54, 1.807) is 11.3 Å². The molecule has 0 saturated carbocycles. The van der Waals surface area contributed by atoms with Crippen LogP contribution in [0.3, 0.4) is 0 Å². The minimum absolute atomic E-state index is 0.413. The molecule has 0 aliphatic rings. The third-order valence-corrected chi connectivity index (χ3v) is 5.09. The minimum atomic E-state index is 0.413. The molecule has 3 nitrogen and oxygen atoms in total. The number of rotatable bonds is 2. The number of benzene rings is 1. The Balaban J connectivity index is 2.23. The van der Waals surface area contributed by atoms with E-state index in [-0.39, 0.29) is 0 Å². The van der Waals surface area contributed by atoms with Gasteiger partial charge in [-0.15, -0.1) is 11.3 Å². The maximum Gasteiger partial charge on any atom is 0.186 e. The van der Waals surface area contributed by atoms with Gasteiger partial charge in [0.15, 0.2) is 11.6 Å². The zero-order valence-electron chi connectivity index (χ0n) is 11.1. The Morgan fingerprint density at radius 1 is 1.25 bits per heavy atom. The van der Waals surface area contributed by atoms with Crippen LogP contribution in [0.5, 0.6) is 0 Å². The quantitative estimate of drug-likeness (QED) is 0.706. The van der Waals surface area contributed by atoms with Crippen LogP contribution in [-0.2, 0) is 0 Å². The second-order valence-electron chi connectivity index (χ2n) is 4.60. The van der Waals surface area contributed by atoms with Crippen LogP contribution in [-0.4, -0.2) is 5.16 Å². The number of thiophene rings is 1. The van der Waals surface area contributed by atoms with E-state index in [1.165, 1.54) is 10.4 Å². The fraction of sp³-hybridized carbons (Fsp3) is 0.133. The summed E-state index contributed by atoms with van der Waals surface area (Å²) in [5.41, 5.74) is 9.09. The Labute approximate surface area is 129 Å². The van der Waals surface area contributed by atoms with Gasteiger partial charge in [0, 0.05) is 14.9 Å². The fourth-order valence-electron chi connectivity index (χ4n) is 2.08. The highest BCUT2D eigenvalue weighted by Crippen LogP contribution is 2.42. The van der Waals surface area contributed by atoms with E-state index in [1.807, 2.05) is 24.3 Å². The van der Waals surface area contributed by atoms with E-state index in [4.69, 9.17) is 10.3 Å². The highest BCUT2D eigenvalue weighted by Gasteiger charge is 2.21. The van der Waals surface area contributed by atoms with Crippen LogP contribution < -0.4 is 5.73 Å². The minimum Gasteiger partial charge on any atom is -0.380 e. The molecule has 0 atom stereocenters. The Bertz CT molecular complexity index is 757. The lowest BCUT2D eigenvalue weighted by atomic mass is 10.0. The molecule has 2 heterocycles. The number of hydrogen-bond donors (Lipinski definition) is 1. The molecule has 3 aromatic rings. The van der Waals surface area contributed by atoms with Crippen molar-refractivity contribution in [2.45, 2.75) is 13.8 Å². The van der Waals surface area contributed by atoms with Crippen LogP contribution in [0.1, 0.15) is 10.4 Å². The Kier molecular flexibility index (Phi) is 3.40. The molecule has 2 N–H and O–H groups in total. The molecular weight excluding hydrogens is 336 g/mol.